The van der Waals surface area contributed by atoms with E-state index in [4.69, 9.17) is 9.72 Å². The zero-order valence-electron chi connectivity index (χ0n) is 19.5. The summed E-state index contributed by atoms with van der Waals surface area (Å²) in [5.41, 5.74) is 5.82. The molecule has 0 bridgehead atoms. The van der Waals surface area contributed by atoms with Gasteiger partial charge in [-0.05, 0) is 68.5 Å². The Balaban J connectivity index is 1.72. The molecule has 1 amide bonds. The number of fused-ring (bicyclic) bond motifs is 1. The number of amides is 1. The SMILES string of the molecule is CCC(C)Sc1ccc(NC(=O)CCc2c(C)nc3c(c(OC)nn3C)c2C)c(C)c1. The van der Waals surface area contributed by atoms with Crippen LogP contribution in [0.1, 0.15) is 49.1 Å². The molecule has 2 heterocycles. The molecular formula is C24H32N4O2S. The maximum Gasteiger partial charge on any atom is 0.242 e. The number of thioether (sulfide) groups is 1. The van der Waals surface area contributed by atoms with Gasteiger partial charge in [0.05, 0.1) is 12.5 Å². The van der Waals surface area contributed by atoms with Crippen LogP contribution in [0.4, 0.5) is 5.69 Å². The van der Waals surface area contributed by atoms with E-state index < -0.39 is 0 Å². The topological polar surface area (TPSA) is 69.0 Å². The molecule has 0 spiro atoms. The number of ether oxygens (including phenoxy) is 1. The van der Waals surface area contributed by atoms with E-state index in [1.54, 1.807) is 11.8 Å². The highest BCUT2D eigenvalue weighted by atomic mass is 32.2. The molecule has 0 saturated carbocycles. The van der Waals surface area contributed by atoms with Crippen LogP contribution < -0.4 is 10.1 Å². The highest BCUT2D eigenvalue weighted by Gasteiger charge is 2.18. The minimum absolute atomic E-state index is 0.00229. The number of carbonyl (C=O) groups is 1. The lowest BCUT2D eigenvalue weighted by Gasteiger charge is -2.13. The molecule has 0 aliphatic carbocycles. The van der Waals surface area contributed by atoms with Crippen molar-refractivity contribution in [3.05, 3.63) is 40.6 Å². The van der Waals surface area contributed by atoms with Crippen LogP contribution in [-0.2, 0) is 18.3 Å². The smallest absolute Gasteiger partial charge is 0.242 e. The molecule has 3 rings (SSSR count). The second-order valence-electron chi connectivity index (χ2n) is 7.99. The predicted molar refractivity (Wildman–Crippen MR) is 128 cm³/mol. The fourth-order valence-corrected chi connectivity index (χ4v) is 4.75. The number of rotatable bonds is 8. The highest BCUT2D eigenvalue weighted by molar-refractivity contribution is 7.99. The fraction of sp³-hybridized carbons (Fsp3) is 0.458. The lowest BCUT2D eigenvalue weighted by molar-refractivity contribution is -0.116. The zero-order valence-corrected chi connectivity index (χ0v) is 20.3. The van der Waals surface area contributed by atoms with Crippen molar-refractivity contribution in [2.45, 2.75) is 64.0 Å². The summed E-state index contributed by atoms with van der Waals surface area (Å²) >= 11 is 1.86. The van der Waals surface area contributed by atoms with Crippen LogP contribution in [-0.4, -0.2) is 33.0 Å². The second kappa shape index (κ2) is 9.73. The van der Waals surface area contributed by atoms with Gasteiger partial charge in [-0.25, -0.2) is 9.67 Å². The number of hydrogen-bond acceptors (Lipinski definition) is 5. The maximum atomic E-state index is 12.7. The van der Waals surface area contributed by atoms with Gasteiger partial charge in [0.1, 0.15) is 0 Å². The number of aryl methyl sites for hydroxylation is 4. The molecule has 7 heteroatoms. The van der Waals surface area contributed by atoms with Gasteiger partial charge >= 0.3 is 0 Å². The molecule has 2 aromatic heterocycles. The first-order chi connectivity index (χ1) is 14.7. The molecule has 1 N–H and O–H groups in total. The number of pyridine rings is 1. The summed E-state index contributed by atoms with van der Waals surface area (Å²) in [6.45, 7) is 10.5. The molecular weight excluding hydrogens is 408 g/mol. The second-order valence-corrected chi connectivity index (χ2v) is 9.51. The van der Waals surface area contributed by atoms with Gasteiger partial charge in [-0.1, -0.05) is 13.8 Å². The average molecular weight is 441 g/mol. The van der Waals surface area contributed by atoms with Gasteiger partial charge < -0.3 is 10.1 Å². The first-order valence-electron chi connectivity index (χ1n) is 10.7. The van der Waals surface area contributed by atoms with Crippen LogP contribution in [0, 0.1) is 20.8 Å². The van der Waals surface area contributed by atoms with Crippen molar-refractivity contribution in [2.75, 3.05) is 12.4 Å². The van der Waals surface area contributed by atoms with E-state index in [-0.39, 0.29) is 5.91 Å². The monoisotopic (exact) mass is 440 g/mol. The van der Waals surface area contributed by atoms with Crippen LogP contribution >= 0.6 is 11.8 Å². The molecule has 166 valence electrons. The summed E-state index contributed by atoms with van der Waals surface area (Å²) in [7, 11) is 3.47. The minimum Gasteiger partial charge on any atom is -0.479 e. The van der Waals surface area contributed by atoms with Crippen LogP contribution in [0.5, 0.6) is 5.88 Å². The molecule has 1 atom stereocenters. The average Bonchev–Trinajstić information content (AvgIpc) is 3.05. The van der Waals surface area contributed by atoms with E-state index in [0.29, 0.717) is 24.0 Å². The summed E-state index contributed by atoms with van der Waals surface area (Å²) in [6, 6.07) is 6.23. The molecule has 0 aliphatic heterocycles. The first-order valence-corrected chi connectivity index (χ1v) is 11.6. The van der Waals surface area contributed by atoms with E-state index in [1.165, 1.54) is 4.90 Å². The third-order valence-corrected chi connectivity index (χ3v) is 6.96. The Morgan fingerprint density at radius 1 is 1.29 bits per heavy atom. The van der Waals surface area contributed by atoms with E-state index in [9.17, 15) is 4.79 Å². The molecule has 1 aromatic carbocycles. The van der Waals surface area contributed by atoms with Crippen LogP contribution in [0.2, 0.25) is 0 Å². The van der Waals surface area contributed by atoms with Crippen molar-refractivity contribution in [3.63, 3.8) is 0 Å². The van der Waals surface area contributed by atoms with Crippen molar-refractivity contribution in [1.82, 2.24) is 14.8 Å². The summed E-state index contributed by atoms with van der Waals surface area (Å²) in [6.07, 6.45) is 2.14. The standard InChI is InChI=1S/C24H32N4O2S/c1-8-15(3)31-18-9-11-20(14(2)13-18)26-21(29)12-10-19-16(4)22-23(25-17(19)5)28(6)27-24(22)30-7/h9,11,13,15H,8,10,12H2,1-7H3,(H,26,29). The van der Waals surface area contributed by atoms with Crippen LogP contribution in [0.25, 0.3) is 11.0 Å². The number of aromatic nitrogens is 3. The van der Waals surface area contributed by atoms with Gasteiger partial charge in [0, 0.05) is 35.0 Å². The highest BCUT2D eigenvalue weighted by Crippen LogP contribution is 2.31. The first kappa shape index (κ1) is 23.1. The van der Waals surface area contributed by atoms with E-state index >= 15 is 0 Å². The van der Waals surface area contributed by atoms with Crippen molar-refractivity contribution >= 4 is 34.4 Å². The normalized spacial score (nSPS) is 12.2. The molecule has 31 heavy (non-hydrogen) atoms. The summed E-state index contributed by atoms with van der Waals surface area (Å²) in [4.78, 5) is 18.6. The van der Waals surface area contributed by atoms with E-state index in [2.05, 4.69) is 36.4 Å². The number of methoxy groups -OCH3 is 1. The predicted octanol–water partition coefficient (Wildman–Crippen LogP) is 5.36. The molecule has 3 aromatic rings. The van der Waals surface area contributed by atoms with Gasteiger partial charge in [0.15, 0.2) is 5.65 Å². The molecule has 0 saturated heterocycles. The Morgan fingerprint density at radius 3 is 2.68 bits per heavy atom. The Kier molecular flexibility index (Phi) is 7.26. The number of carbonyl (C=O) groups excluding carboxylic acids is 1. The Hall–Kier alpha value is -2.54. The van der Waals surface area contributed by atoms with E-state index in [0.717, 1.165) is 45.5 Å². The number of anilines is 1. The molecule has 0 fully saturated rings. The molecule has 1 unspecified atom stereocenters. The quantitative estimate of drug-likeness (QED) is 0.477. The third kappa shape index (κ3) is 5.03. The van der Waals surface area contributed by atoms with Gasteiger partial charge in [0.2, 0.25) is 11.8 Å². The Labute approximate surface area is 188 Å². The third-order valence-electron chi connectivity index (χ3n) is 5.70. The van der Waals surface area contributed by atoms with Gasteiger partial charge in [-0.3, -0.25) is 4.79 Å². The van der Waals surface area contributed by atoms with E-state index in [1.807, 2.05) is 45.6 Å². The Bertz CT molecular complexity index is 1110. The number of hydrogen-bond donors (Lipinski definition) is 1. The lowest BCUT2D eigenvalue weighted by Crippen LogP contribution is -2.14. The maximum absolute atomic E-state index is 12.7. The summed E-state index contributed by atoms with van der Waals surface area (Å²) < 4.78 is 7.16. The van der Waals surface area contributed by atoms with Crippen LogP contribution in [0.3, 0.4) is 0 Å². The van der Waals surface area contributed by atoms with Gasteiger partial charge in [0.25, 0.3) is 0 Å². The van der Waals surface area contributed by atoms with Crippen molar-refractivity contribution in [2.24, 2.45) is 7.05 Å². The Morgan fingerprint density at radius 2 is 2.03 bits per heavy atom. The molecule has 6 nitrogen and oxygen atoms in total. The molecule has 0 aliphatic rings. The van der Waals surface area contributed by atoms with Crippen molar-refractivity contribution in [3.8, 4) is 5.88 Å². The van der Waals surface area contributed by atoms with Gasteiger partial charge in [-0.2, -0.15) is 0 Å². The zero-order chi connectivity index (χ0) is 22.7. The molecule has 0 radical (unpaired) electrons. The number of nitrogens with one attached hydrogen (secondary N) is 1. The minimum atomic E-state index is 0.00229. The number of nitrogens with zero attached hydrogens (tertiary/aromatic N) is 3. The largest absolute Gasteiger partial charge is 0.479 e. The van der Waals surface area contributed by atoms with Crippen molar-refractivity contribution in [1.29, 1.82) is 0 Å². The van der Waals surface area contributed by atoms with Crippen LogP contribution in [0.15, 0.2) is 23.1 Å². The fourth-order valence-electron chi connectivity index (χ4n) is 3.72. The van der Waals surface area contributed by atoms with Gasteiger partial charge in [-0.15, -0.1) is 16.9 Å². The number of benzene rings is 1. The summed E-state index contributed by atoms with van der Waals surface area (Å²) in [5, 5.41) is 8.95. The summed E-state index contributed by atoms with van der Waals surface area (Å²) in [5.74, 6) is 0.571. The lowest BCUT2D eigenvalue weighted by atomic mass is 10.00. The van der Waals surface area contributed by atoms with Crippen molar-refractivity contribution < 1.29 is 9.53 Å².